The number of anilines is 1. The molecule has 1 saturated heterocycles. The first-order chi connectivity index (χ1) is 14.4. The normalized spacial score (nSPS) is 19.7. The van der Waals surface area contributed by atoms with Crippen LogP contribution < -0.4 is 9.64 Å². The van der Waals surface area contributed by atoms with Gasteiger partial charge in [-0.3, -0.25) is 9.59 Å². The van der Waals surface area contributed by atoms with Crippen molar-refractivity contribution in [1.29, 1.82) is 0 Å². The molecule has 0 radical (unpaired) electrons. The fourth-order valence-corrected chi connectivity index (χ4v) is 4.41. The van der Waals surface area contributed by atoms with Crippen LogP contribution >= 0.6 is 11.6 Å². The van der Waals surface area contributed by atoms with Crippen LogP contribution in [-0.2, 0) is 9.59 Å². The second kappa shape index (κ2) is 8.15. The predicted octanol–water partition coefficient (Wildman–Crippen LogP) is 4.67. The Morgan fingerprint density at radius 2 is 1.80 bits per heavy atom. The lowest BCUT2D eigenvalue weighted by molar-refractivity contribution is -0.120. The molecule has 1 unspecified atom stereocenters. The Kier molecular flexibility index (Phi) is 5.56. The summed E-state index contributed by atoms with van der Waals surface area (Å²) in [6, 6.07) is 12.7. The van der Waals surface area contributed by atoms with E-state index in [4.69, 9.17) is 16.3 Å². The number of nitrogens with zero attached hydrogens (tertiary/aromatic N) is 2. The molecule has 5 nitrogen and oxygen atoms in total. The number of hydrogen-bond acceptors (Lipinski definition) is 4. The van der Waals surface area contributed by atoms with Gasteiger partial charge in [0, 0.05) is 18.1 Å². The van der Waals surface area contributed by atoms with E-state index in [1.54, 1.807) is 18.2 Å². The minimum absolute atomic E-state index is 0.328. The molecule has 0 N–H and O–H groups in total. The van der Waals surface area contributed by atoms with Crippen LogP contribution in [0.15, 0.2) is 48.2 Å². The number of rotatable bonds is 4. The number of imide groups is 1. The molecule has 30 heavy (non-hydrogen) atoms. The Labute approximate surface area is 181 Å². The van der Waals surface area contributed by atoms with E-state index in [1.165, 1.54) is 12.0 Å². The lowest BCUT2D eigenvalue weighted by atomic mass is 9.97. The Balaban J connectivity index is 1.86. The van der Waals surface area contributed by atoms with Gasteiger partial charge in [0.05, 0.1) is 18.4 Å². The van der Waals surface area contributed by atoms with Gasteiger partial charge in [0.1, 0.15) is 11.4 Å². The number of aryl methyl sites for hydroxylation is 1. The second-order valence-electron chi connectivity index (χ2n) is 8.04. The summed E-state index contributed by atoms with van der Waals surface area (Å²) in [4.78, 5) is 30.6. The van der Waals surface area contributed by atoms with Crippen molar-refractivity contribution in [3.8, 4) is 5.75 Å². The van der Waals surface area contributed by atoms with Crippen LogP contribution in [0.3, 0.4) is 0 Å². The zero-order chi connectivity index (χ0) is 21.4. The summed E-state index contributed by atoms with van der Waals surface area (Å²) >= 11 is 6.19. The van der Waals surface area contributed by atoms with Crippen LogP contribution in [0.1, 0.15) is 30.9 Å². The topological polar surface area (TPSA) is 49.9 Å². The molecule has 4 rings (SSSR count). The fraction of sp³-hybridized carbons (Fsp3) is 0.333. The monoisotopic (exact) mass is 424 g/mol. The maximum atomic E-state index is 13.7. The number of amides is 2. The van der Waals surface area contributed by atoms with Crippen molar-refractivity contribution in [1.82, 2.24) is 4.90 Å². The number of likely N-dealkylation sites (tertiary alicyclic amines) is 1. The van der Waals surface area contributed by atoms with Crippen LogP contribution in [0.5, 0.6) is 5.75 Å². The number of carbonyl (C=O) groups excluding carboxylic acids is 2. The van der Waals surface area contributed by atoms with E-state index >= 15 is 0 Å². The molecule has 0 saturated carbocycles. The Morgan fingerprint density at radius 1 is 1.07 bits per heavy atom. The first-order valence-corrected chi connectivity index (χ1v) is 10.6. The van der Waals surface area contributed by atoms with Crippen LogP contribution in [0.2, 0.25) is 5.02 Å². The van der Waals surface area contributed by atoms with Crippen LogP contribution in [-0.4, -0.2) is 36.9 Å². The first kappa shape index (κ1) is 20.5. The van der Waals surface area contributed by atoms with Crippen LogP contribution in [0, 0.1) is 12.8 Å². The molecule has 2 aliphatic heterocycles. The largest absolute Gasteiger partial charge is 0.495 e. The highest BCUT2D eigenvalue weighted by molar-refractivity contribution is 6.46. The van der Waals surface area contributed by atoms with Gasteiger partial charge in [-0.1, -0.05) is 48.4 Å². The maximum absolute atomic E-state index is 13.7. The minimum Gasteiger partial charge on any atom is -0.495 e. The van der Waals surface area contributed by atoms with E-state index in [2.05, 4.69) is 11.8 Å². The van der Waals surface area contributed by atoms with E-state index < -0.39 is 0 Å². The summed E-state index contributed by atoms with van der Waals surface area (Å²) in [6.45, 7) is 5.69. The lowest BCUT2D eigenvalue weighted by Gasteiger charge is -2.33. The fourth-order valence-electron chi connectivity index (χ4n) is 4.24. The second-order valence-corrected chi connectivity index (χ2v) is 8.48. The van der Waals surface area contributed by atoms with Gasteiger partial charge in [0.15, 0.2) is 0 Å². The van der Waals surface area contributed by atoms with E-state index in [0.717, 1.165) is 37.1 Å². The number of piperidine rings is 1. The van der Waals surface area contributed by atoms with Gasteiger partial charge in [0.25, 0.3) is 11.8 Å². The smallest absolute Gasteiger partial charge is 0.282 e. The molecule has 2 aromatic rings. The molecule has 2 aromatic carbocycles. The summed E-state index contributed by atoms with van der Waals surface area (Å²) in [5, 5.41) is 0.434. The van der Waals surface area contributed by atoms with Crippen LogP contribution in [0.25, 0.3) is 5.57 Å². The van der Waals surface area contributed by atoms with Gasteiger partial charge < -0.3 is 9.64 Å². The molecule has 0 bridgehead atoms. The average Bonchev–Trinajstić information content (AvgIpc) is 2.98. The summed E-state index contributed by atoms with van der Waals surface area (Å²) in [5.41, 5.74) is 3.12. The lowest BCUT2D eigenvalue weighted by Crippen LogP contribution is -2.39. The first-order valence-electron chi connectivity index (χ1n) is 10.2. The Hall–Kier alpha value is -2.79. The molecule has 1 fully saturated rings. The van der Waals surface area contributed by atoms with Crippen molar-refractivity contribution in [3.05, 3.63) is 64.3 Å². The van der Waals surface area contributed by atoms with Gasteiger partial charge in [0.2, 0.25) is 0 Å². The Morgan fingerprint density at radius 3 is 2.47 bits per heavy atom. The molecule has 0 aromatic heterocycles. The molecule has 1 atom stereocenters. The number of benzene rings is 2. The summed E-state index contributed by atoms with van der Waals surface area (Å²) in [6.07, 6.45) is 2.12. The van der Waals surface area contributed by atoms with Crippen molar-refractivity contribution in [2.75, 3.05) is 25.1 Å². The minimum atomic E-state index is -0.349. The highest BCUT2D eigenvalue weighted by atomic mass is 35.5. The third kappa shape index (κ3) is 3.58. The van der Waals surface area contributed by atoms with Crippen molar-refractivity contribution < 1.29 is 14.3 Å². The highest BCUT2D eigenvalue weighted by Gasteiger charge is 2.44. The van der Waals surface area contributed by atoms with Gasteiger partial charge in [-0.2, -0.15) is 0 Å². The molecule has 6 heteroatoms. The predicted molar refractivity (Wildman–Crippen MR) is 119 cm³/mol. The Bertz CT molecular complexity index is 1030. The number of halogens is 1. The molecule has 2 heterocycles. The quantitative estimate of drug-likeness (QED) is 0.669. The van der Waals surface area contributed by atoms with Gasteiger partial charge in [-0.05, 0) is 49.4 Å². The standard InChI is InChI=1S/C24H25ClN2O3/c1-15-6-8-17(9-7-15)21-22(26-12-4-5-16(2)14-26)24(29)27(23(21)28)19-13-18(25)10-11-20(19)30-3/h6-11,13,16H,4-5,12,14H2,1-3H3. The van der Waals surface area contributed by atoms with Gasteiger partial charge in [-0.15, -0.1) is 0 Å². The molecular formula is C24H25ClN2O3. The molecule has 0 spiro atoms. The average molecular weight is 425 g/mol. The molecule has 2 aliphatic rings. The van der Waals surface area contributed by atoms with Gasteiger partial charge >= 0.3 is 0 Å². The third-order valence-corrected chi connectivity index (χ3v) is 5.99. The zero-order valence-electron chi connectivity index (χ0n) is 17.4. The number of carbonyl (C=O) groups is 2. The number of ether oxygens (including phenoxy) is 1. The van der Waals surface area contributed by atoms with E-state index in [-0.39, 0.29) is 11.8 Å². The van der Waals surface area contributed by atoms with Crippen molar-refractivity contribution in [2.45, 2.75) is 26.7 Å². The number of methoxy groups -OCH3 is 1. The third-order valence-electron chi connectivity index (χ3n) is 5.75. The van der Waals surface area contributed by atoms with Crippen molar-refractivity contribution in [3.63, 3.8) is 0 Å². The molecule has 0 aliphatic carbocycles. The number of hydrogen-bond donors (Lipinski definition) is 0. The van der Waals surface area contributed by atoms with E-state index in [1.807, 2.05) is 31.2 Å². The van der Waals surface area contributed by atoms with Crippen molar-refractivity contribution >= 4 is 34.7 Å². The molecule has 156 valence electrons. The van der Waals surface area contributed by atoms with Crippen LogP contribution in [0.4, 0.5) is 5.69 Å². The zero-order valence-corrected chi connectivity index (χ0v) is 18.2. The summed E-state index contributed by atoms with van der Waals surface area (Å²) < 4.78 is 5.43. The molecule has 2 amide bonds. The van der Waals surface area contributed by atoms with E-state index in [9.17, 15) is 9.59 Å². The summed E-state index contributed by atoms with van der Waals surface area (Å²) in [5.74, 6) is 0.212. The SMILES string of the molecule is COc1ccc(Cl)cc1N1C(=O)C(c2ccc(C)cc2)=C(N2CCCC(C)C2)C1=O. The summed E-state index contributed by atoms with van der Waals surface area (Å²) in [7, 11) is 1.51. The van der Waals surface area contributed by atoms with Crippen molar-refractivity contribution in [2.24, 2.45) is 5.92 Å². The highest BCUT2D eigenvalue weighted by Crippen LogP contribution is 2.40. The molecular weight excluding hydrogens is 400 g/mol. The maximum Gasteiger partial charge on any atom is 0.282 e. The van der Waals surface area contributed by atoms with E-state index in [0.29, 0.717) is 33.6 Å². The van der Waals surface area contributed by atoms with Gasteiger partial charge in [-0.25, -0.2) is 4.90 Å².